The molecule has 0 spiro atoms. The van der Waals surface area contributed by atoms with Crippen LogP contribution in [0.4, 0.5) is 5.69 Å². The lowest BCUT2D eigenvalue weighted by Gasteiger charge is -2.07. The molecule has 0 aliphatic carbocycles. The highest BCUT2D eigenvalue weighted by atomic mass is 16.6. The molecule has 2 aromatic carbocycles. The zero-order valence-electron chi connectivity index (χ0n) is 10.1. The summed E-state index contributed by atoms with van der Waals surface area (Å²) in [5.41, 5.74) is -0.0419. The first-order valence-electron chi connectivity index (χ1n) is 5.51. The molecular formula is C14H7N3O3. The largest absolute Gasteiger partial charge is 0.456 e. The molecule has 0 bridgehead atoms. The van der Waals surface area contributed by atoms with Crippen molar-refractivity contribution >= 4 is 5.69 Å². The van der Waals surface area contributed by atoms with Gasteiger partial charge in [-0.25, -0.2) is 0 Å². The topological polar surface area (TPSA) is 99.9 Å². The Morgan fingerprint density at radius 3 is 2.40 bits per heavy atom. The molecule has 0 fully saturated rings. The van der Waals surface area contributed by atoms with Crippen LogP contribution in [0.25, 0.3) is 0 Å². The highest BCUT2D eigenvalue weighted by Crippen LogP contribution is 2.28. The Morgan fingerprint density at radius 2 is 1.75 bits per heavy atom. The van der Waals surface area contributed by atoms with Crippen LogP contribution in [-0.2, 0) is 0 Å². The van der Waals surface area contributed by atoms with E-state index in [1.165, 1.54) is 18.2 Å². The van der Waals surface area contributed by atoms with Gasteiger partial charge < -0.3 is 4.74 Å². The zero-order valence-corrected chi connectivity index (χ0v) is 10.1. The fourth-order valence-electron chi connectivity index (χ4n) is 1.60. The summed E-state index contributed by atoms with van der Waals surface area (Å²) in [6.07, 6.45) is 0. The SMILES string of the molecule is N#Cc1ccccc1Oc1ccc([N+](=O)[O-])c(C#N)c1. The lowest BCUT2D eigenvalue weighted by molar-refractivity contribution is -0.385. The summed E-state index contributed by atoms with van der Waals surface area (Å²) in [6, 6.07) is 14.2. The van der Waals surface area contributed by atoms with E-state index >= 15 is 0 Å². The maximum absolute atomic E-state index is 10.7. The Hall–Kier alpha value is -3.38. The molecule has 0 N–H and O–H groups in total. The van der Waals surface area contributed by atoms with Gasteiger partial charge in [-0.1, -0.05) is 12.1 Å². The quantitative estimate of drug-likeness (QED) is 0.626. The van der Waals surface area contributed by atoms with Crippen molar-refractivity contribution < 1.29 is 9.66 Å². The number of para-hydroxylation sites is 1. The summed E-state index contributed by atoms with van der Waals surface area (Å²) in [4.78, 5) is 10.1. The van der Waals surface area contributed by atoms with Gasteiger partial charge in [0.25, 0.3) is 5.69 Å². The van der Waals surface area contributed by atoms with Crippen LogP contribution in [0.15, 0.2) is 42.5 Å². The zero-order chi connectivity index (χ0) is 14.5. The Labute approximate surface area is 114 Å². The minimum atomic E-state index is -0.633. The highest BCUT2D eigenvalue weighted by Gasteiger charge is 2.15. The number of ether oxygens (including phenoxy) is 1. The van der Waals surface area contributed by atoms with Crippen molar-refractivity contribution in [2.45, 2.75) is 0 Å². The number of nitro groups is 1. The third-order valence-electron chi connectivity index (χ3n) is 2.52. The fraction of sp³-hybridized carbons (Fsp3) is 0. The van der Waals surface area contributed by atoms with Crippen LogP contribution in [0.3, 0.4) is 0 Å². The van der Waals surface area contributed by atoms with Crippen molar-refractivity contribution in [1.29, 1.82) is 10.5 Å². The van der Waals surface area contributed by atoms with Gasteiger partial charge in [0.15, 0.2) is 0 Å². The third kappa shape index (κ3) is 2.55. The molecule has 0 unspecified atom stereocenters. The van der Waals surface area contributed by atoms with Gasteiger partial charge in [-0.3, -0.25) is 10.1 Å². The number of nitriles is 2. The van der Waals surface area contributed by atoms with Crippen LogP contribution < -0.4 is 4.74 Å². The van der Waals surface area contributed by atoms with Gasteiger partial charge in [0, 0.05) is 12.1 Å². The minimum Gasteiger partial charge on any atom is -0.456 e. The lowest BCUT2D eigenvalue weighted by atomic mass is 10.2. The van der Waals surface area contributed by atoms with Crippen molar-refractivity contribution in [3.8, 4) is 23.6 Å². The maximum atomic E-state index is 10.7. The van der Waals surface area contributed by atoms with E-state index in [-0.39, 0.29) is 17.0 Å². The molecule has 0 saturated carbocycles. The Morgan fingerprint density at radius 1 is 1.05 bits per heavy atom. The average Bonchev–Trinajstić information content (AvgIpc) is 2.47. The molecule has 0 amide bonds. The van der Waals surface area contributed by atoms with E-state index in [0.717, 1.165) is 0 Å². The summed E-state index contributed by atoms with van der Waals surface area (Å²) in [6.45, 7) is 0. The molecule has 2 aromatic rings. The summed E-state index contributed by atoms with van der Waals surface area (Å²) >= 11 is 0. The summed E-state index contributed by atoms with van der Waals surface area (Å²) in [7, 11) is 0. The van der Waals surface area contributed by atoms with Gasteiger partial charge in [-0.15, -0.1) is 0 Å². The fourth-order valence-corrected chi connectivity index (χ4v) is 1.60. The standard InChI is InChI=1S/C14H7N3O3/c15-8-10-3-1-2-4-14(10)20-12-5-6-13(17(18)19)11(7-12)9-16/h1-7H. The monoisotopic (exact) mass is 265 g/mol. The van der Waals surface area contributed by atoms with Gasteiger partial charge >= 0.3 is 0 Å². The molecule has 6 nitrogen and oxygen atoms in total. The molecular weight excluding hydrogens is 258 g/mol. The van der Waals surface area contributed by atoms with Crippen LogP contribution in [0.2, 0.25) is 0 Å². The van der Waals surface area contributed by atoms with Gasteiger partial charge in [-0.05, 0) is 18.2 Å². The van der Waals surface area contributed by atoms with E-state index in [1.807, 2.05) is 6.07 Å². The predicted octanol–water partition coefficient (Wildman–Crippen LogP) is 3.13. The second kappa shape index (κ2) is 5.51. The Balaban J connectivity index is 2.39. The van der Waals surface area contributed by atoms with E-state index in [4.69, 9.17) is 15.3 Å². The van der Waals surface area contributed by atoms with Crippen LogP contribution in [0.5, 0.6) is 11.5 Å². The maximum Gasteiger partial charge on any atom is 0.287 e. The van der Waals surface area contributed by atoms with E-state index in [0.29, 0.717) is 11.3 Å². The molecule has 20 heavy (non-hydrogen) atoms. The van der Waals surface area contributed by atoms with Crippen molar-refractivity contribution in [2.75, 3.05) is 0 Å². The van der Waals surface area contributed by atoms with Crippen LogP contribution in [0.1, 0.15) is 11.1 Å². The average molecular weight is 265 g/mol. The Bertz CT molecular complexity index is 757. The van der Waals surface area contributed by atoms with E-state index in [2.05, 4.69) is 0 Å². The summed E-state index contributed by atoms with van der Waals surface area (Å²) in [5, 5.41) is 28.6. The lowest BCUT2D eigenvalue weighted by Crippen LogP contribution is -1.94. The first kappa shape index (κ1) is 13.1. The molecule has 0 saturated heterocycles. The van der Waals surface area contributed by atoms with Crippen molar-refractivity contribution in [3.63, 3.8) is 0 Å². The normalized spacial score (nSPS) is 9.30. The van der Waals surface area contributed by atoms with Gasteiger partial charge in [0.2, 0.25) is 0 Å². The van der Waals surface area contributed by atoms with Crippen molar-refractivity contribution in [3.05, 3.63) is 63.7 Å². The van der Waals surface area contributed by atoms with Crippen molar-refractivity contribution in [1.82, 2.24) is 0 Å². The molecule has 0 aliphatic rings. The number of hydrogen-bond acceptors (Lipinski definition) is 5. The molecule has 0 aliphatic heterocycles. The highest BCUT2D eigenvalue weighted by molar-refractivity contribution is 5.53. The van der Waals surface area contributed by atoms with E-state index in [9.17, 15) is 10.1 Å². The second-order valence-electron chi connectivity index (χ2n) is 3.76. The van der Waals surface area contributed by atoms with Gasteiger partial charge in [0.05, 0.1) is 10.5 Å². The van der Waals surface area contributed by atoms with E-state index < -0.39 is 4.92 Å². The molecule has 0 aromatic heterocycles. The van der Waals surface area contributed by atoms with Crippen molar-refractivity contribution in [2.24, 2.45) is 0 Å². The third-order valence-corrected chi connectivity index (χ3v) is 2.52. The van der Waals surface area contributed by atoms with E-state index in [1.54, 1.807) is 30.3 Å². The smallest absolute Gasteiger partial charge is 0.287 e. The molecule has 0 heterocycles. The number of nitro benzene ring substituents is 1. The van der Waals surface area contributed by atoms with Crippen LogP contribution in [0, 0.1) is 32.8 Å². The Kier molecular flexibility index (Phi) is 3.60. The molecule has 2 rings (SSSR count). The van der Waals surface area contributed by atoms with Crippen LogP contribution >= 0.6 is 0 Å². The second-order valence-corrected chi connectivity index (χ2v) is 3.76. The number of nitrogens with zero attached hydrogens (tertiary/aromatic N) is 3. The first-order chi connectivity index (χ1) is 9.65. The molecule has 96 valence electrons. The number of hydrogen-bond donors (Lipinski definition) is 0. The molecule has 0 radical (unpaired) electrons. The summed E-state index contributed by atoms with van der Waals surface area (Å²) < 4.78 is 5.48. The molecule has 6 heteroatoms. The summed E-state index contributed by atoms with van der Waals surface area (Å²) in [5.74, 6) is 0.586. The van der Waals surface area contributed by atoms with Crippen LogP contribution in [-0.4, -0.2) is 4.92 Å². The number of rotatable bonds is 3. The molecule has 0 atom stereocenters. The predicted molar refractivity (Wildman–Crippen MR) is 69.0 cm³/mol. The first-order valence-corrected chi connectivity index (χ1v) is 5.51. The number of benzene rings is 2. The van der Waals surface area contributed by atoms with Gasteiger partial charge in [0.1, 0.15) is 29.2 Å². The van der Waals surface area contributed by atoms with Gasteiger partial charge in [-0.2, -0.15) is 10.5 Å². The minimum absolute atomic E-state index is 0.0954.